The number of nitrogens with one attached hydrogen (secondary N) is 1. The summed E-state index contributed by atoms with van der Waals surface area (Å²) in [5.41, 5.74) is 2.41. The zero-order valence-electron chi connectivity index (χ0n) is 13.1. The van der Waals surface area contributed by atoms with E-state index in [2.05, 4.69) is 43.2 Å². The van der Waals surface area contributed by atoms with Crippen molar-refractivity contribution in [3.05, 3.63) is 45.4 Å². The van der Waals surface area contributed by atoms with Gasteiger partial charge in [-0.15, -0.1) is 11.3 Å². The molecule has 21 heavy (non-hydrogen) atoms. The second kappa shape index (κ2) is 8.15. The number of aryl methyl sites for hydroxylation is 2. The maximum absolute atomic E-state index is 5.91. The summed E-state index contributed by atoms with van der Waals surface area (Å²) in [6.45, 7) is 8.95. The molecule has 0 saturated heterocycles. The number of aromatic nitrogens is 1. The maximum Gasteiger partial charge on any atom is 0.122 e. The van der Waals surface area contributed by atoms with Gasteiger partial charge in [0.2, 0.25) is 0 Å². The Morgan fingerprint density at radius 1 is 1.24 bits per heavy atom. The highest BCUT2D eigenvalue weighted by Crippen LogP contribution is 2.21. The lowest BCUT2D eigenvalue weighted by atomic mass is 10.1. The molecular formula is C17H24N2OS. The average Bonchev–Trinajstić information content (AvgIpc) is 2.85. The third-order valence-electron chi connectivity index (χ3n) is 3.40. The number of rotatable bonds is 8. The molecule has 0 radical (unpaired) electrons. The van der Waals surface area contributed by atoms with Crippen LogP contribution in [-0.4, -0.2) is 18.1 Å². The lowest BCUT2D eigenvalue weighted by molar-refractivity contribution is 0.318. The molecule has 114 valence electrons. The molecule has 4 heteroatoms. The first-order valence-corrected chi connectivity index (χ1v) is 8.42. The molecule has 1 aromatic heterocycles. The van der Waals surface area contributed by atoms with Gasteiger partial charge in [-0.1, -0.05) is 32.0 Å². The molecule has 0 bridgehead atoms. The zero-order chi connectivity index (χ0) is 15.1. The lowest BCUT2D eigenvalue weighted by Crippen LogP contribution is -2.11. The van der Waals surface area contributed by atoms with Crippen LogP contribution in [-0.2, 0) is 19.4 Å². The van der Waals surface area contributed by atoms with E-state index in [1.54, 1.807) is 11.3 Å². The lowest BCUT2D eigenvalue weighted by Gasteiger charge is -2.09. The minimum absolute atomic E-state index is 0.685. The fourth-order valence-corrected chi connectivity index (χ4v) is 3.20. The van der Waals surface area contributed by atoms with Crippen LogP contribution in [0, 0.1) is 6.92 Å². The van der Waals surface area contributed by atoms with Crippen LogP contribution >= 0.6 is 11.3 Å². The van der Waals surface area contributed by atoms with Gasteiger partial charge in [0.15, 0.2) is 0 Å². The van der Waals surface area contributed by atoms with Gasteiger partial charge in [0.1, 0.15) is 5.75 Å². The van der Waals surface area contributed by atoms with Gasteiger partial charge in [-0.05, 0) is 31.5 Å². The quantitative estimate of drug-likeness (QED) is 0.806. The fraction of sp³-hybridized carbons (Fsp3) is 0.471. The normalized spacial score (nSPS) is 10.8. The Morgan fingerprint density at radius 3 is 2.81 bits per heavy atom. The van der Waals surface area contributed by atoms with Crippen LogP contribution in [0.25, 0.3) is 0 Å². The van der Waals surface area contributed by atoms with Gasteiger partial charge in [0, 0.05) is 17.8 Å². The second-order valence-electron chi connectivity index (χ2n) is 4.96. The number of hydrogen-bond acceptors (Lipinski definition) is 4. The highest BCUT2D eigenvalue weighted by molar-refractivity contribution is 7.11. The van der Waals surface area contributed by atoms with E-state index in [-0.39, 0.29) is 0 Å². The first-order valence-electron chi connectivity index (χ1n) is 7.61. The molecule has 0 atom stereocenters. The Morgan fingerprint density at radius 2 is 2.05 bits per heavy atom. The van der Waals surface area contributed by atoms with Gasteiger partial charge in [0.05, 0.1) is 17.3 Å². The minimum Gasteiger partial charge on any atom is -0.493 e. The number of para-hydroxylation sites is 1. The molecule has 0 aliphatic heterocycles. The molecule has 0 unspecified atom stereocenters. The van der Waals surface area contributed by atoms with E-state index in [9.17, 15) is 0 Å². The first-order chi connectivity index (χ1) is 10.2. The molecule has 1 N–H and O–H groups in total. The Labute approximate surface area is 131 Å². The minimum atomic E-state index is 0.685. The highest BCUT2D eigenvalue weighted by Gasteiger charge is 2.08. The zero-order valence-corrected chi connectivity index (χ0v) is 13.9. The van der Waals surface area contributed by atoms with Crippen LogP contribution in [0.15, 0.2) is 24.3 Å². The highest BCUT2D eigenvalue weighted by atomic mass is 32.1. The standard InChI is InChI=1S/C17H24N2OS/c1-4-14-8-6-7-9-15(14)20-11-10-17-19-13(3)16(21-17)12-18-5-2/h6-9,18H,4-5,10-12H2,1-3H3. The number of thiazole rings is 1. The van der Waals surface area contributed by atoms with Crippen molar-refractivity contribution in [2.24, 2.45) is 0 Å². The summed E-state index contributed by atoms with van der Waals surface area (Å²) in [5.74, 6) is 1.00. The molecule has 2 aromatic rings. The van der Waals surface area contributed by atoms with Crippen LogP contribution in [0.4, 0.5) is 0 Å². The van der Waals surface area contributed by atoms with Gasteiger partial charge in [-0.2, -0.15) is 0 Å². The molecule has 2 rings (SSSR count). The largest absolute Gasteiger partial charge is 0.493 e. The van der Waals surface area contributed by atoms with Gasteiger partial charge in [-0.25, -0.2) is 4.98 Å². The van der Waals surface area contributed by atoms with E-state index >= 15 is 0 Å². The van der Waals surface area contributed by atoms with Crippen molar-refractivity contribution in [2.45, 2.75) is 40.2 Å². The van der Waals surface area contributed by atoms with Crippen LogP contribution in [0.2, 0.25) is 0 Å². The third-order valence-corrected chi connectivity index (χ3v) is 4.62. The second-order valence-corrected chi connectivity index (χ2v) is 6.12. The van der Waals surface area contributed by atoms with Gasteiger partial charge < -0.3 is 10.1 Å². The Hall–Kier alpha value is -1.39. The molecule has 0 amide bonds. The van der Waals surface area contributed by atoms with Crippen molar-refractivity contribution in [3.63, 3.8) is 0 Å². The monoisotopic (exact) mass is 304 g/mol. The topological polar surface area (TPSA) is 34.1 Å². The average molecular weight is 304 g/mol. The Bertz CT molecular complexity index is 566. The summed E-state index contributed by atoms with van der Waals surface area (Å²) in [7, 11) is 0. The molecule has 0 aliphatic carbocycles. The number of benzene rings is 1. The molecular weight excluding hydrogens is 280 g/mol. The van der Waals surface area contributed by atoms with Crippen LogP contribution in [0.1, 0.15) is 35.0 Å². The Kier molecular flexibility index (Phi) is 6.21. The summed E-state index contributed by atoms with van der Waals surface area (Å²) in [5, 5.41) is 4.52. The SMILES string of the molecule is CCNCc1sc(CCOc2ccccc2CC)nc1C. The van der Waals surface area contributed by atoms with Gasteiger partial charge in [0.25, 0.3) is 0 Å². The van der Waals surface area contributed by atoms with Crippen molar-refractivity contribution in [3.8, 4) is 5.75 Å². The molecule has 0 fully saturated rings. The van der Waals surface area contributed by atoms with E-state index in [4.69, 9.17) is 4.74 Å². The number of nitrogens with zero attached hydrogens (tertiary/aromatic N) is 1. The van der Waals surface area contributed by atoms with E-state index < -0.39 is 0 Å². The number of hydrogen-bond donors (Lipinski definition) is 1. The Balaban J connectivity index is 1.88. The van der Waals surface area contributed by atoms with E-state index in [1.807, 2.05) is 12.1 Å². The fourth-order valence-electron chi connectivity index (χ4n) is 2.18. The summed E-state index contributed by atoms with van der Waals surface area (Å²) in [6, 6.07) is 8.25. The first kappa shape index (κ1) is 16.0. The van der Waals surface area contributed by atoms with Crippen LogP contribution in [0.3, 0.4) is 0 Å². The van der Waals surface area contributed by atoms with E-state index in [0.29, 0.717) is 6.61 Å². The summed E-state index contributed by atoms with van der Waals surface area (Å²) in [4.78, 5) is 5.97. The van der Waals surface area contributed by atoms with Crippen molar-refractivity contribution >= 4 is 11.3 Å². The van der Waals surface area contributed by atoms with Crippen molar-refractivity contribution in [1.29, 1.82) is 0 Å². The molecule has 0 spiro atoms. The van der Waals surface area contributed by atoms with Crippen LogP contribution in [0.5, 0.6) is 5.75 Å². The van der Waals surface area contributed by atoms with Gasteiger partial charge >= 0.3 is 0 Å². The molecule has 3 nitrogen and oxygen atoms in total. The summed E-state index contributed by atoms with van der Waals surface area (Å²) in [6.07, 6.45) is 1.87. The smallest absolute Gasteiger partial charge is 0.122 e. The maximum atomic E-state index is 5.91. The van der Waals surface area contributed by atoms with Crippen molar-refractivity contribution < 1.29 is 4.74 Å². The number of ether oxygens (including phenoxy) is 1. The van der Waals surface area contributed by atoms with Crippen molar-refractivity contribution in [1.82, 2.24) is 10.3 Å². The molecule has 0 aliphatic rings. The van der Waals surface area contributed by atoms with Gasteiger partial charge in [-0.3, -0.25) is 0 Å². The molecule has 1 heterocycles. The predicted octanol–water partition coefficient (Wildman–Crippen LogP) is 3.74. The third kappa shape index (κ3) is 4.55. The summed E-state index contributed by atoms with van der Waals surface area (Å²) >= 11 is 1.79. The molecule has 1 aromatic carbocycles. The van der Waals surface area contributed by atoms with Crippen LogP contribution < -0.4 is 10.1 Å². The van der Waals surface area contributed by atoms with E-state index in [1.165, 1.54) is 10.4 Å². The summed E-state index contributed by atoms with van der Waals surface area (Å²) < 4.78 is 5.91. The van der Waals surface area contributed by atoms with Crippen molar-refractivity contribution in [2.75, 3.05) is 13.2 Å². The molecule has 0 saturated carbocycles. The predicted molar refractivity (Wildman–Crippen MR) is 89.3 cm³/mol. The van der Waals surface area contributed by atoms with E-state index in [0.717, 1.165) is 42.4 Å².